The molecule has 0 aliphatic heterocycles. The summed E-state index contributed by atoms with van der Waals surface area (Å²) in [5, 5.41) is 1.68. The van der Waals surface area contributed by atoms with Crippen LogP contribution in [0.4, 0.5) is 10.1 Å². The van der Waals surface area contributed by atoms with Crippen molar-refractivity contribution in [2.24, 2.45) is 0 Å². The van der Waals surface area contributed by atoms with Crippen molar-refractivity contribution in [3.8, 4) is 0 Å². The van der Waals surface area contributed by atoms with Crippen molar-refractivity contribution >= 4 is 51.2 Å². The maximum absolute atomic E-state index is 13.9. The number of benzene rings is 2. The molecule has 3 aromatic rings. The first-order chi connectivity index (χ1) is 10.5. The molecule has 1 unspecified atom stereocenters. The van der Waals surface area contributed by atoms with E-state index in [2.05, 4.69) is 9.71 Å². The summed E-state index contributed by atoms with van der Waals surface area (Å²) in [6, 6.07) is 7.95. The SMILES string of the molecule is Cc1cc(N[S+]([O-])c2c[nH]c3cc(Cl)ccc23)c(F)cc1Cl. The molecule has 3 rings (SSSR count). The van der Waals surface area contributed by atoms with Crippen LogP contribution in [0.15, 0.2) is 41.4 Å². The second-order valence-electron chi connectivity index (χ2n) is 4.79. The van der Waals surface area contributed by atoms with Gasteiger partial charge < -0.3 is 9.54 Å². The average Bonchev–Trinajstić information content (AvgIpc) is 2.87. The number of hydrogen-bond acceptors (Lipinski definition) is 2. The summed E-state index contributed by atoms with van der Waals surface area (Å²) >= 11 is 10.2. The zero-order valence-corrected chi connectivity index (χ0v) is 13.7. The van der Waals surface area contributed by atoms with Gasteiger partial charge in [0.2, 0.25) is 4.90 Å². The number of anilines is 1. The third-order valence-corrected chi connectivity index (χ3v) is 5.04. The molecule has 3 nitrogen and oxygen atoms in total. The number of aromatic nitrogens is 1. The Labute approximate surface area is 139 Å². The molecule has 7 heteroatoms. The van der Waals surface area contributed by atoms with E-state index in [0.29, 0.717) is 20.5 Å². The number of H-pyrrole nitrogens is 1. The molecule has 0 radical (unpaired) electrons. The van der Waals surface area contributed by atoms with Crippen LogP contribution < -0.4 is 4.72 Å². The maximum Gasteiger partial charge on any atom is 0.205 e. The standard InChI is InChI=1S/C15H11Cl2FN2OS/c1-8-4-14(12(18)6-11(8)17)20-22(21)15-7-19-13-5-9(16)2-3-10(13)15/h2-7,19-20H,1H3. The third-order valence-electron chi connectivity index (χ3n) is 3.26. The quantitative estimate of drug-likeness (QED) is 0.644. The van der Waals surface area contributed by atoms with Crippen molar-refractivity contribution in [2.45, 2.75) is 11.8 Å². The molecule has 0 bridgehead atoms. The van der Waals surface area contributed by atoms with Crippen LogP contribution in [0.25, 0.3) is 10.9 Å². The Morgan fingerprint density at radius 3 is 2.77 bits per heavy atom. The number of aryl methyl sites for hydroxylation is 1. The lowest BCUT2D eigenvalue weighted by molar-refractivity contribution is 0.598. The molecule has 0 spiro atoms. The van der Waals surface area contributed by atoms with E-state index < -0.39 is 17.2 Å². The van der Waals surface area contributed by atoms with Gasteiger partial charge in [0.25, 0.3) is 0 Å². The summed E-state index contributed by atoms with van der Waals surface area (Å²) in [6.45, 7) is 1.75. The molecule has 1 aromatic heterocycles. The monoisotopic (exact) mass is 356 g/mol. The van der Waals surface area contributed by atoms with Gasteiger partial charge in [-0.2, -0.15) is 0 Å². The highest BCUT2D eigenvalue weighted by molar-refractivity contribution is 7.93. The Morgan fingerprint density at radius 1 is 1.23 bits per heavy atom. The Hall–Kier alpha value is -1.40. The van der Waals surface area contributed by atoms with Crippen LogP contribution in [0, 0.1) is 12.7 Å². The molecular formula is C15H11Cl2FN2OS. The number of halogens is 3. The molecule has 2 aromatic carbocycles. The van der Waals surface area contributed by atoms with Crippen LogP contribution in [0.2, 0.25) is 10.0 Å². The second-order valence-corrected chi connectivity index (χ2v) is 6.82. The summed E-state index contributed by atoms with van der Waals surface area (Å²) in [4.78, 5) is 3.52. The Morgan fingerprint density at radius 2 is 2.00 bits per heavy atom. The van der Waals surface area contributed by atoms with E-state index in [0.717, 1.165) is 10.9 Å². The fourth-order valence-corrected chi connectivity index (χ4v) is 3.45. The Bertz CT molecular complexity index is 853. The fourth-order valence-electron chi connectivity index (χ4n) is 2.12. The first-order valence-corrected chi connectivity index (χ1v) is 8.27. The molecule has 0 aliphatic rings. The van der Waals surface area contributed by atoms with Gasteiger partial charge in [0, 0.05) is 10.0 Å². The minimum Gasteiger partial charge on any atom is -0.588 e. The molecular weight excluding hydrogens is 346 g/mol. The van der Waals surface area contributed by atoms with Crippen LogP contribution in [-0.2, 0) is 11.4 Å². The van der Waals surface area contributed by atoms with Gasteiger partial charge >= 0.3 is 0 Å². The van der Waals surface area contributed by atoms with Gasteiger partial charge in [-0.05, 0) is 42.8 Å². The number of aromatic amines is 1. The van der Waals surface area contributed by atoms with E-state index in [1.807, 2.05) is 0 Å². The van der Waals surface area contributed by atoms with Crippen molar-refractivity contribution in [2.75, 3.05) is 4.72 Å². The van der Waals surface area contributed by atoms with E-state index in [9.17, 15) is 8.94 Å². The molecule has 0 saturated heterocycles. The molecule has 0 fully saturated rings. The topological polar surface area (TPSA) is 50.9 Å². The number of rotatable bonds is 3. The van der Waals surface area contributed by atoms with Gasteiger partial charge in [-0.15, -0.1) is 0 Å². The molecule has 114 valence electrons. The van der Waals surface area contributed by atoms with Crippen LogP contribution in [0.1, 0.15) is 5.56 Å². The highest BCUT2D eigenvalue weighted by Gasteiger charge is 2.20. The summed E-state index contributed by atoms with van der Waals surface area (Å²) < 4.78 is 29.0. The van der Waals surface area contributed by atoms with E-state index in [4.69, 9.17) is 23.2 Å². The zero-order valence-electron chi connectivity index (χ0n) is 11.4. The highest BCUT2D eigenvalue weighted by atomic mass is 35.5. The van der Waals surface area contributed by atoms with Crippen LogP contribution in [-0.4, -0.2) is 9.54 Å². The van der Waals surface area contributed by atoms with E-state index >= 15 is 0 Å². The minimum atomic E-state index is -1.62. The second kappa shape index (κ2) is 6.01. The maximum atomic E-state index is 13.9. The molecule has 1 atom stereocenters. The Balaban J connectivity index is 1.93. The summed E-state index contributed by atoms with van der Waals surface area (Å²) in [5.41, 5.74) is 1.61. The van der Waals surface area contributed by atoms with Crippen LogP contribution >= 0.6 is 23.2 Å². The molecule has 0 aliphatic carbocycles. The molecule has 22 heavy (non-hydrogen) atoms. The average molecular weight is 357 g/mol. The van der Waals surface area contributed by atoms with Crippen LogP contribution in [0.5, 0.6) is 0 Å². The molecule has 2 N–H and O–H groups in total. The smallest absolute Gasteiger partial charge is 0.205 e. The third kappa shape index (κ3) is 2.90. The summed E-state index contributed by atoms with van der Waals surface area (Å²) in [6.07, 6.45) is 1.62. The number of hydrogen-bond donors (Lipinski definition) is 2. The summed E-state index contributed by atoms with van der Waals surface area (Å²) in [5.74, 6) is -0.549. The van der Waals surface area contributed by atoms with E-state index in [1.165, 1.54) is 12.1 Å². The van der Waals surface area contributed by atoms with Crippen molar-refractivity contribution in [3.05, 3.63) is 58.0 Å². The highest BCUT2D eigenvalue weighted by Crippen LogP contribution is 2.29. The van der Waals surface area contributed by atoms with Crippen molar-refractivity contribution in [1.82, 2.24) is 4.98 Å². The number of nitrogens with one attached hydrogen (secondary N) is 2. The van der Waals surface area contributed by atoms with E-state index in [-0.39, 0.29) is 5.69 Å². The lowest BCUT2D eigenvalue weighted by atomic mass is 10.2. The molecule has 0 saturated carbocycles. The largest absolute Gasteiger partial charge is 0.588 e. The van der Waals surface area contributed by atoms with Crippen molar-refractivity contribution in [3.63, 3.8) is 0 Å². The van der Waals surface area contributed by atoms with Gasteiger partial charge in [-0.1, -0.05) is 23.2 Å². The zero-order chi connectivity index (χ0) is 15.9. The number of fused-ring (bicyclic) bond motifs is 1. The minimum absolute atomic E-state index is 0.142. The fraction of sp³-hybridized carbons (Fsp3) is 0.0667. The first-order valence-electron chi connectivity index (χ1n) is 6.36. The Kier molecular flexibility index (Phi) is 4.23. The van der Waals surface area contributed by atoms with Gasteiger partial charge in [0.05, 0.1) is 17.1 Å². The molecule has 1 heterocycles. The lowest BCUT2D eigenvalue weighted by Crippen LogP contribution is -2.13. The van der Waals surface area contributed by atoms with Gasteiger partial charge in [0.15, 0.2) is 5.82 Å². The van der Waals surface area contributed by atoms with E-state index in [1.54, 1.807) is 31.3 Å². The van der Waals surface area contributed by atoms with Gasteiger partial charge in [0.1, 0.15) is 17.0 Å². The lowest BCUT2D eigenvalue weighted by Gasteiger charge is -2.12. The normalized spacial score (nSPS) is 12.6. The summed E-state index contributed by atoms with van der Waals surface area (Å²) in [7, 11) is 0. The molecule has 0 amide bonds. The van der Waals surface area contributed by atoms with Crippen molar-refractivity contribution in [1.29, 1.82) is 0 Å². The van der Waals surface area contributed by atoms with Gasteiger partial charge in [-0.3, -0.25) is 0 Å². The van der Waals surface area contributed by atoms with Crippen LogP contribution in [0.3, 0.4) is 0 Å². The van der Waals surface area contributed by atoms with Gasteiger partial charge in [-0.25, -0.2) is 9.11 Å². The predicted molar refractivity (Wildman–Crippen MR) is 89.5 cm³/mol. The first kappa shape index (κ1) is 15.5. The van der Waals surface area contributed by atoms with Crippen molar-refractivity contribution < 1.29 is 8.94 Å². The predicted octanol–water partition coefficient (Wildman–Crippen LogP) is 5.06.